The predicted octanol–water partition coefficient (Wildman–Crippen LogP) is 5.08. The van der Waals surface area contributed by atoms with E-state index in [1.165, 1.54) is 10.4 Å². The highest BCUT2D eigenvalue weighted by molar-refractivity contribution is 7.92. The van der Waals surface area contributed by atoms with E-state index in [9.17, 15) is 31.5 Å². The van der Waals surface area contributed by atoms with E-state index in [0.717, 1.165) is 36.1 Å². The van der Waals surface area contributed by atoms with Gasteiger partial charge in [-0.1, -0.05) is 61.9 Å². The number of anilines is 1. The van der Waals surface area contributed by atoms with Gasteiger partial charge in [0.05, 0.1) is 29.1 Å². The van der Waals surface area contributed by atoms with Crippen LogP contribution in [-0.4, -0.2) is 50.4 Å². The summed E-state index contributed by atoms with van der Waals surface area (Å²) in [5.41, 5.74) is 2.14. The first-order chi connectivity index (χ1) is 20.5. The van der Waals surface area contributed by atoms with Crippen molar-refractivity contribution in [1.29, 1.82) is 0 Å². The molecule has 0 radical (unpaired) electrons. The number of hydrogen-bond acceptors (Lipinski definition) is 5. The Balaban J connectivity index is 1.52. The third kappa shape index (κ3) is 9.04. The molecule has 0 aliphatic carbocycles. The van der Waals surface area contributed by atoms with Crippen LogP contribution < -0.4 is 14.9 Å². The standard InChI is InChI=1S/C32H38F3N3O4S/c1-2-9-24-16-26(20-28(18-24)38-14-6-7-15-43(38,41)42)31(40)37-29(19-23-10-4-3-5-11-23)30(39)22-36-21-25-12-8-13-27(17-25)32(33,34)35/h3-5,8,10-13,16-18,20,29-30,36,39H,2,6-7,9,14-15,19,21-22H2,1H3,(H,37,40)/t29-,30+/m0/s1. The molecule has 3 aromatic rings. The van der Waals surface area contributed by atoms with Crippen LogP contribution in [0.25, 0.3) is 0 Å². The number of nitrogens with zero attached hydrogens (tertiary/aromatic N) is 1. The lowest BCUT2D eigenvalue weighted by Crippen LogP contribution is -2.48. The quantitative estimate of drug-likeness (QED) is 0.263. The van der Waals surface area contributed by atoms with Gasteiger partial charge in [-0.15, -0.1) is 0 Å². The zero-order valence-corrected chi connectivity index (χ0v) is 24.9. The average molecular weight is 618 g/mol. The minimum atomic E-state index is -4.45. The van der Waals surface area contributed by atoms with E-state index in [0.29, 0.717) is 42.6 Å². The first-order valence-corrected chi connectivity index (χ1v) is 16.1. The van der Waals surface area contributed by atoms with Crippen molar-refractivity contribution in [2.75, 3.05) is 23.1 Å². The lowest BCUT2D eigenvalue weighted by molar-refractivity contribution is -0.137. The topological polar surface area (TPSA) is 98.7 Å². The highest BCUT2D eigenvalue weighted by atomic mass is 32.2. The lowest BCUT2D eigenvalue weighted by Gasteiger charge is -2.29. The lowest BCUT2D eigenvalue weighted by atomic mass is 9.99. The van der Waals surface area contributed by atoms with Gasteiger partial charge in [-0.25, -0.2) is 8.42 Å². The summed E-state index contributed by atoms with van der Waals surface area (Å²) < 4.78 is 66.3. The number of sulfonamides is 1. The number of nitrogens with one attached hydrogen (secondary N) is 2. The van der Waals surface area contributed by atoms with Crippen molar-refractivity contribution in [2.45, 2.75) is 63.9 Å². The number of aryl methyl sites for hydroxylation is 1. The third-order valence-corrected chi connectivity index (χ3v) is 9.30. The molecule has 1 aliphatic rings. The van der Waals surface area contributed by atoms with Crippen LogP contribution >= 0.6 is 0 Å². The van der Waals surface area contributed by atoms with Gasteiger partial charge in [0, 0.05) is 25.2 Å². The van der Waals surface area contributed by atoms with Gasteiger partial charge < -0.3 is 15.7 Å². The van der Waals surface area contributed by atoms with E-state index in [1.807, 2.05) is 43.3 Å². The van der Waals surface area contributed by atoms with Crippen LogP contribution in [0.5, 0.6) is 0 Å². The van der Waals surface area contributed by atoms with Gasteiger partial charge in [-0.3, -0.25) is 9.10 Å². The zero-order chi connectivity index (χ0) is 31.0. The SMILES string of the molecule is CCCc1cc(C(=O)N[C@@H](Cc2ccccc2)[C@H](O)CNCc2cccc(C(F)(F)F)c2)cc(N2CCCCS2(=O)=O)c1. The fourth-order valence-electron chi connectivity index (χ4n) is 5.23. The molecular weight excluding hydrogens is 579 g/mol. The highest BCUT2D eigenvalue weighted by Crippen LogP contribution is 2.30. The average Bonchev–Trinajstić information content (AvgIpc) is 2.97. The second-order valence-electron chi connectivity index (χ2n) is 10.9. The van der Waals surface area contributed by atoms with Crippen LogP contribution in [0, 0.1) is 0 Å². The second-order valence-corrected chi connectivity index (χ2v) is 12.9. The molecule has 1 heterocycles. The van der Waals surface area contributed by atoms with E-state index in [2.05, 4.69) is 10.6 Å². The van der Waals surface area contributed by atoms with Gasteiger partial charge in [0.15, 0.2) is 0 Å². The normalized spacial score (nSPS) is 16.4. The molecule has 43 heavy (non-hydrogen) atoms. The maximum atomic E-state index is 13.6. The number of carbonyl (C=O) groups excluding carboxylic acids is 1. The third-order valence-electron chi connectivity index (χ3n) is 7.43. The van der Waals surface area contributed by atoms with E-state index >= 15 is 0 Å². The minimum Gasteiger partial charge on any atom is -0.390 e. The Kier molecular flexibility index (Phi) is 10.9. The van der Waals surface area contributed by atoms with E-state index in [4.69, 9.17) is 0 Å². The van der Waals surface area contributed by atoms with Crippen molar-refractivity contribution in [2.24, 2.45) is 0 Å². The van der Waals surface area contributed by atoms with Crippen molar-refractivity contribution in [3.05, 3.63) is 101 Å². The Bertz CT molecular complexity index is 1480. The molecule has 3 aromatic carbocycles. The molecule has 0 bridgehead atoms. The molecule has 0 unspecified atom stereocenters. The molecule has 2 atom stereocenters. The van der Waals surface area contributed by atoms with Crippen molar-refractivity contribution < 1.29 is 31.5 Å². The molecule has 1 aliphatic heterocycles. The Hall–Kier alpha value is -3.41. The van der Waals surface area contributed by atoms with Crippen LogP contribution in [0.15, 0.2) is 72.8 Å². The molecule has 1 fully saturated rings. The summed E-state index contributed by atoms with van der Waals surface area (Å²) in [6, 6.07) is 18.7. The molecule has 7 nitrogen and oxygen atoms in total. The summed E-state index contributed by atoms with van der Waals surface area (Å²) in [7, 11) is -3.48. The molecule has 232 valence electrons. The van der Waals surface area contributed by atoms with Crippen LogP contribution in [0.4, 0.5) is 18.9 Å². The van der Waals surface area contributed by atoms with Gasteiger partial charge in [0.2, 0.25) is 10.0 Å². The van der Waals surface area contributed by atoms with Crippen molar-refractivity contribution in [3.8, 4) is 0 Å². The van der Waals surface area contributed by atoms with Gasteiger partial charge >= 0.3 is 6.18 Å². The smallest absolute Gasteiger partial charge is 0.390 e. The van der Waals surface area contributed by atoms with Gasteiger partial charge in [-0.2, -0.15) is 13.2 Å². The molecule has 1 amide bonds. The van der Waals surface area contributed by atoms with Crippen LogP contribution in [0.2, 0.25) is 0 Å². The molecule has 11 heteroatoms. The Morgan fingerprint density at radius 2 is 1.72 bits per heavy atom. The maximum absolute atomic E-state index is 13.6. The fourth-order valence-corrected chi connectivity index (χ4v) is 6.85. The Morgan fingerprint density at radius 1 is 0.977 bits per heavy atom. The number of amides is 1. The first-order valence-electron chi connectivity index (χ1n) is 14.5. The second kappa shape index (κ2) is 14.4. The van der Waals surface area contributed by atoms with Crippen LogP contribution in [-0.2, 0) is 35.6 Å². The predicted molar refractivity (Wildman–Crippen MR) is 161 cm³/mol. The number of hydrogen-bond donors (Lipinski definition) is 3. The number of aliphatic hydroxyl groups is 1. The molecule has 0 saturated carbocycles. The number of carbonyl (C=O) groups is 1. The maximum Gasteiger partial charge on any atom is 0.416 e. The van der Waals surface area contributed by atoms with Crippen LogP contribution in [0.3, 0.4) is 0 Å². The summed E-state index contributed by atoms with van der Waals surface area (Å²) in [4.78, 5) is 13.6. The summed E-state index contributed by atoms with van der Waals surface area (Å²) in [6.07, 6.45) is -2.41. The number of rotatable bonds is 12. The fraction of sp³-hybridized carbons (Fsp3) is 0.406. The molecular formula is C32H38F3N3O4S. The van der Waals surface area contributed by atoms with E-state index in [1.54, 1.807) is 18.2 Å². The monoisotopic (exact) mass is 617 g/mol. The number of benzene rings is 3. The molecule has 0 aromatic heterocycles. The number of alkyl halides is 3. The highest BCUT2D eigenvalue weighted by Gasteiger charge is 2.31. The summed E-state index contributed by atoms with van der Waals surface area (Å²) in [5.74, 6) is -0.391. The largest absolute Gasteiger partial charge is 0.416 e. The summed E-state index contributed by atoms with van der Waals surface area (Å²) in [6.45, 7) is 2.47. The van der Waals surface area contributed by atoms with E-state index in [-0.39, 0.29) is 18.8 Å². The minimum absolute atomic E-state index is 0.0151. The van der Waals surface area contributed by atoms with Crippen molar-refractivity contribution >= 4 is 21.6 Å². The number of aliphatic hydroxyl groups excluding tert-OH is 1. The summed E-state index contributed by atoms with van der Waals surface area (Å²) in [5, 5.41) is 17.1. The van der Waals surface area contributed by atoms with Crippen molar-refractivity contribution in [3.63, 3.8) is 0 Å². The van der Waals surface area contributed by atoms with Gasteiger partial charge in [-0.05, 0) is 66.6 Å². The molecule has 0 spiro atoms. The molecule has 4 rings (SSSR count). The van der Waals surface area contributed by atoms with Crippen molar-refractivity contribution in [1.82, 2.24) is 10.6 Å². The summed E-state index contributed by atoms with van der Waals surface area (Å²) >= 11 is 0. The zero-order valence-electron chi connectivity index (χ0n) is 24.1. The van der Waals surface area contributed by atoms with Gasteiger partial charge in [0.1, 0.15) is 0 Å². The van der Waals surface area contributed by atoms with E-state index < -0.39 is 39.8 Å². The molecule has 3 N–H and O–H groups in total. The van der Waals surface area contributed by atoms with Crippen LogP contribution in [0.1, 0.15) is 58.8 Å². The first kappa shape index (κ1) is 32.5. The number of halogens is 3. The molecule has 1 saturated heterocycles. The Morgan fingerprint density at radius 3 is 2.42 bits per heavy atom. The van der Waals surface area contributed by atoms with Gasteiger partial charge in [0.25, 0.3) is 5.91 Å². The Labute approximate surface area is 251 Å².